The van der Waals surface area contributed by atoms with E-state index in [1.165, 1.54) is 27.3 Å². The van der Waals surface area contributed by atoms with Crippen LogP contribution in [0.25, 0.3) is 10.2 Å². The molecule has 30 heavy (non-hydrogen) atoms. The fourth-order valence-corrected chi connectivity index (χ4v) is 8.19. The Bertz CT molecular complexity index is 1300. The molecule has 0 spiro atoms. The van der Waals surface area contributed by atoms with Crippen molar-refractivity contribution in [1.82, 2.24) is 8.87 Å². The van der Waals surface area contributed by atoms with Crippen molar-refractivity contribution < 1.29 is 13.2 Å². The third-order valence-electron chi connectivity index (χ3n) is 5.39. The van der Waals surface area contributed by atoms with Gasteiger partial charge in [-0.25, -0.2) is 8.42 Å². The summed E-state index contributed by atoms with van der Waals surface area (Å²) in [6.07, 6.45) is 0.931. The highest BCUT2D eigenvalue weighted by atomic mass is 35.5. The van der Waals surface area contributed by atoms with Crippen molar-refractivity contribution in [1.29, 1.82) is 0 Å². The minimum atomic E-state index is -3.56. The fraction of sp³-hybridized carbons (Fsp3) is 0.400. The number of hydrogen-bond acceptors (Lipinski definition) is 5. The maximum atomic E-state index is 12.8. The number of halogens is 1. The second kappa shape index (κ2) is 8.20. The molecular weight excluding hydrogens is 462 g/mol. The van der Waals surface area contributed by atoms with Gasteiger partial charge in [-0.1, -0.05) is 29.0 Å². The molecule has 6 nitrogen and oxygen atoms in total. The maximum Gasteiger partial charge on any atom is 0.252 e. The van der Waals surface area contributed by atoms with Gasteiger partial charge in [-0.05, 0) is 56.0 Å². The standard InChI is InChI=1S/C20H22ClN3O3S3/c1-12-10-13(2)18-15(11-12)28-20(23(18)3)22-19(25)14-6-8-24(9-7-14)30(26,27)17-5-4-16(21)29-17/h4-5,10-11,14H,6-9H2,1-3H3. The average molecular weight is 484 g/mol. The zero-order valence-corrected chi connectivity index (χ0v) is 20.1. The minimum absolute atomic E-state index is 0.178. The zero-order chi connectivity index (χ0) is 21.6. The number of rotatable bonds is 3. The van der Waals surface area contributed by atoms with Gasteiger partial charge >= 0.3 is 0 Å². The normalized spacial score (nSPS) is 17.1. The molecule has 0 bridgehead atoms. The van der Waals surface area contributed by atoms with Gasteiger partial charge in [-0.3, -0.25) is 4.79 Å². The van der Waals surface area contributed by atoms with Crippen molar-refractivity contribution in [2.75, 3.05) is 13.1 Å². The minimum Gasteiger partial charge on any atom is -0.319 e. The highest BCUT2D eigenvalue weighted by Gasteiger charge is 2.33. The monoisotopic (exact) mass is 483 g/mol. The van der Waals surface area contributed by atoms with E-state index < -0.39 is 10.0 Å². The Hall–Kier alpha value is -1.52. The molecular formula is C20H22ClN3O3S3. The first kappa shape index (κ1) is 21.7. The zero-order valence-electron chi connectivity index (χ0n) is 16.9. The van der Waals surface area contributed by atoms with Crippen LogP contribution in [0.5, 0.6) is 0 Å². The number of carbonyl (C=O) groups excluding carboxylic acids is 1. The molecule has 3 heterocycles. The molecule has 1 aliphatic heterocycles. The number of amides is 1. The molecule has 1 aromatic carbocycles. The van der Waals surface area contributed by atoms with Crippen LogP contribution in [0, 0.1) is 19.8 Å². The lowest BCUT2D eigenvalue weighted by Crippen LogP contribution is -2.40. The van der Waals surface area contributed by atoms with Crippen LogP contribution in [-0.2, 0) is 21.9 Å². The summed E-state index contributed by atoms with van der Waals surface area (Å²) in [7, 11) is -1.63. The van der Waals surface area contributed by atoms with E-state index in [0.717, 1.165) is 27.1 Å². The SMILES string of the molecule is Cc1cc(C)c2c(c1)sc(=NC(=O)C1CCN(S(=O)(=O)c3ccc(Cl)s3)CC1)n2C. The van der Waals surface area contributed by atoms with E-state index in [0.29, 0.717) is 35.1 Å². The number of carbonyl (C=O) groups is 1. The van der Waals surface area contributed by atoms with Crippen molar-refractivity contribution in [2.45, 2.75) is 30.9 Å². The van der Waals surface area contributed by atoms with E-state index >= 15 is 0 Å². The van der Waals surface area contributed by atoms with E-state index in [9.17, 15) is 13.2 Å². The molecule has 1 fully saturated rings. The summed E-state index contributed by atoms with van der Waals surface area (Å²) in [5, 5.41) is 0. The molecule has 4 rings (SSSR count). The number of thiophene rings is 1. The highest BCUT2D eigenvalue weighted by Crippen LogP contribution is 2.31. The van der Waals surface area contributed by atoms with E-state index in [1.54, 1.807) is 6.07 Å². The number of aromatic nitrogens is 1. The quantitative estimate of drug-likeness (QED) is 0.563. The largest absolute Gasteiger partial charge is 0.319 e. The molecule has 10 heteroatoms. The second-order valence-corrected chi connectivity index (χ2v) is 12.4. The summed E-state index contributed by atoms with van der Waals surface area (Å²) in [5.41, 5.74) is 3.43. The van der Waals surface area contributed by atoms with Crippen molar-refractivity contribution >= 4 is 60.4 Å². The molecule has 3 aromatic rings. The molecule has 0 atom stereocenters. The van der Waals surface area contributed by atoms with Gasteiger partial charge in [0.2, 0.25) is 0 Å². The first-order valence-corrected chi connectivity index (χ1v) is 13.0. The van der Waals surface area contributed by atoms with Gasteiger partial charge in [0, 0.05) is 26.1 Å². The Morgan fingerprint density at radius 2 is 1.87 bits per heavy atom. The number of aryl methyl sites for hydroxylation is 3. The Labute approximate surface area is 188 Å². The molecule has 160 valence electrons. The average Bonchev–Trinajstić information content (AvgIpc) is 3.26. The molecule has 1 aliphatic rings. The third-order valence-corrected chi connectivity index (χ3v) is 10.1. The maximum absolute atomic E-state index is 12.8. The molecule has 1 amide bonds. The van der Waals surface area contributed by atoms with Gasteiger partial charge in [0.25, 0.3) is 15.9 Å². The van der Waals surface area contributed by atoms with E-state index in [1.807, 2.05) is 11.6 Å². The Morgan fingerprint density at radius 3 is 2.50 bits per heavy atom. The summed E-state index contributed by atoms with van der Waals surface area (Å²) >= 11 is 8.44. The predicted octanol–water partition coefficient (Wildman–Crippen LogP) is 4.10. The Morgan fingerprint density at radius 1 is 1.17 bits per heavy atom. The van der Waals surface area contributed by atoms with Crippen LogP contribution in [-0.4, -0.2) is 36.3 Å². The fourth-order valence-electron chi connectivity index (χ4n) is 3.88. The summed E-state index contributed by atoms with van der Waals surface area (Å²) in [6, 6.07) is 7.34. The lowest BCUT2D eigenvalue weighted by molar-refractivity contribution is -0.122. The van der Waals surface area contributed by atoms with Crippen molar-refractivity contribution in [2.24, 2.45) is 18.0 Å². The number of benzene rings is 1. The van der Waals surface area contributed by atoms with E-state index in [2.05, 4.69) is 31.0 Å². The predicted molar refractivity (Wildman–Crippen MR) is 122 cm³/mol. The van der Waals surface area contributed by atoms with E-state index in [4.69, 9.17) is 11.6 Å². The number of thiazole rings is 1. The number of nitrogens with zero attached hydrogens (tertiary/aromatic N) is 3. The molecule has 0 N–H and O–H groups in total. The number of fused-ring (bicyclic) bond motifs is 1. The molecule has 0 radical (unpaired) electrons. The third kappa shape index (κ3) is 4.01. The Kier molecular flexibility index (Phi) is 5.93. The lowest BCUT2D eigenvalue weighted by atomic mass is 9.98. The van der Waals surface area contributed by atoms with Crippen LogP contribution in [0.1, 0.15) is 24.0 Å². The van der Waals surface area contributed by atoms with Gasteiger partial charge in [-0.2, -0.15) is 9.30 Å². The molecule has 0 saturated carbocycles. The lowest BCUT2D eigenvalue weighted by Gasteiger charge is -2.29. The van der Waals surface area contributed by atoms with Crippen molar-refractivity contribution in [3.05, 3.63) is 44.5 Å². The van der Waals surface area contributed by atoms with Gasteiger partial charge in [0.1, 0.15) is 4.21 Å². The molecule has 2 aromatic heterocycles. The summed E-state index contributed by atoms with van der Waals surface area (Å²) in [6.45, 7) is 4.73. The molecule has 1 saturated heterocycles. The van der Waals surface area contributed by atoms with Crippen LogP contribution >= 0.6 is 34.3 Å². The van der Waals surface area contributed by atoms with Crippen molar-refractivity contribution in [3.63, 3.8) is 0 Å². The van der Waals surface area contributed by atoms with Crippen molar-refractivity contribution in [3.8, 4) is 0 Å². The number of hydrogen-bond donors (Lipinski definition) is 0. The molecule has 0 unspecified atom stereocenters. The van der Waals surface area contributed by atoms with Crippen LogP contribution in [0.15, 0.2) is 33.5 Å². The van der Waals surface area contributed by atoms with Crippen LogP contribution in [0.4, 0.5) is 0 Å². The van der Waals surface area contributed by atoms with Gasteiger partial charge in [-0.15, -0.1) is 11.3 Å². The smallest absolute Gasteiger partial charge is 0.252 e. The van der Waals surface area contributed by atoms with Gasteiger partial charge in [0.05, 0.1) is 14.6 Å². The van der Waals surface area contributed by atoms with Gasteiger partial charge < -0.3 is 4.57 Å². The van der Waals surface area contributed by atoms with Crippen LogP contribution in [0.3, 0.4) is 0 Å². The van der Waals surface area contributed by atoms with E-state index in [-0.39, 0.29) is 16.0 Å². The number of sulfonamides is 1. The first-order chi connectivity index (χ1) is 14.2. The summed E-state index contributed by atoms with van der Waals surface area (Å²) < 4.78 is 30.7. The topological polar surface area (TPSA) is 71.7 Å². The second-order valence-electron chi connectivity index (χ2n) is 7.56. The number of piperidine rings is 1. The first-order valence-electron chi connectivity index (χ1n) is 9.57. The summed E-state index contributed by atoms with van der Waals surface area (Å²) in [4.78, 5) is 17.9. The summed E-state index contributed by atoms with van der Waals surface area (Å²) in [5.74, 6) is -0.445. The molecule has 0 aliphatic carbocycles. The van der Waals surface area contributed by atoms with Crippen LogP contribution < -0.4 is 4.80 Å². The highest BCUT2D eigenvalue weighted by molar-refractivity contribution is 7.91. The van der Waals surface area contributed by atoms with Gasteiger partial charge in [0.15, 0.2) is 4.80 Å². The van der Waals surface area contributed by atoms with Crippen LogP contribution in [0.2, 0.25) is 4.34 Å². The Balaban J connectivity index is 1.52.